The molecule has 1 heterocycles. The van der Waals surface area contributed by atoms with Crippen LogP contribution in [-0.2, 0) is 4.79 Å². The van der Waals surface area contributed by atoms with Gasteiger partial charge in [0.25, 0.3) is 0 Å². The van der Waals surface area contributed by atoms with Crippen LogP contribution in [0.2, 0.25) is 5.02 Å². The molecule has 0 bridgehead atoms. The SMILES string of the molecule is O=C(Nc1ccc(Cl)cc1I)C1CCSC1. The van der Waals surface area contributed by atoms with Crippen molar-refractivity contribution in [2.45, 2.75) is 6.42 Å². The molecule has 0 saturated carbocycles. The predicted molar refractivity (Wildman–Crippen MR) is 78.2 cm³/mol. The molecule has 1 N–H and O–H groups in total. The second-order valence-corrected chi connectivity index (χ2v) is 6.42. The number of carbonyl (C=O) groups is 1. The topological polar surface area (TPSA) is 29.1 Å². The van der Waals surface area contributed by atoms with Gasteiger partial charge in [0.2, 0.25) is 5.91 Å². The largest absolute Gasteiger partial charge is 0.325 e. The van der Waals surface area contributed by atoms with Gasteiger partial charge >= 0.3 is 0 Å². The Balaban J connectivity index is 2.05. The first-order chi connectivity index (χ1) is 7.66. The maximum Gasteiger partial charge on any atom is 0.228 e. The lowest BCUT2D eigenvalue weighted by molar-refractivity contribution is -0.119. The Morgan fingerprint density at radius 3 is 3.00 bits per heavy atom. The normalized spacial score (nSPS) is 19.8. The van der Waals surface area contributed by atoms with Gasteiger partial charge in [0.05, 0.1) is 5.69 Å². The minimum absolute atomic E-state index is 0.130. The second-order valence-electron chi connectivity index (χ2n) is 3.67. The van der Waals surface area contributed by atoms with Crippen LogP contribution in [-0.4, -0.2) is 17.4 Å². The summed E-state index contributed by atoms with van der Waals surface area (Å²) in [5, 5.41) is 3.65. The smallest absolute Gasteiger partial charge is 0.228 e. The zero-order valence-corrected chi connectivity index (χ0v) is 12.2. The van der Waals surface area contributed by atoms with E-state index in [4.69, 9.17) is 11.6 Å². The van der Waals surface area contributed by atoms with E-state index in [0.717, 1.165) is 27.2 Å². The molecule has 86 valence electrons. The minimum Gasteiger partial charge on any atom is -0.325 e. The molecule has 1 aliphatic rings. The van der Waals surface area contributed by atoms with Crippen molar-refractivity contribution in [1.29, 1.82) is 0 Å². The van der Waals surface area contributed by atoms with E-state index in [9.17, 15) is 4.79 Å². The number of carbonyl (C=O) groups excluding carboxylic acids is 1. The molecule has 1 unspecified atom stereocenters. The molecule has 0 radical (unpaired) electrons. The lowest BCUT2D eigenvalue weighted by atomic mass is 10.1. The number of halogens is 2. The molecule has 0 spiro atoms. The Kier molecular flexibility index (Phi) is 4.38. The van der Waals surface area contributed by atoms with Gasteiger partial charge in [0.15, 0.2) is 0 Å². The summed E-state index contributed by atoms with van der Waals surface area (Å²) >= 11 is 9.88. The van der Waals surface area contributed by atoms with Gasteiger partial charge < -0.3 is 5.32 Å². The molecule has 1 saturated heterocycles. The molecule has 16 heavy (non-hydrogen) atoms. The van der Waals surface area contributed by atoms with Gasteiger partial charge in [-0.1, -0.05) is 11.6 Å². The lowest BCUT2D eigenvalue weighted by Gasteiger charge is -2.11. The molecule has 5 heteroatoms. The van der Waals surface area contributed by atoms with Crippen molar-refractivity contribution in [2.75, 3.05) is 16.8 Å². The van der Waals surface area contributed by atoms with Crippen LogP contribution in [0.3, 0.4) is 0 Å². The number of thioether (sulfide) groups is 1. The number of rotatable bonds is 2. The van der Waals surface area contributed by atoms with E-state index in [1.807, 2.05) is 23.9 Å². The van der Waals surface area contributed by atoms with Crippen LogP contribution in [0, 0.1) is 9.49 Å². The minimum atomic E-state index is 0.130. The van der Waals surface area contributed by atoms with Crippen molar-refractivity contribution in [3.8, 4) is 0 Å². The Hall–Kier alpha value is 0.0600. The third-order valence-electron chi connectivity index (χ3n) is 2.49. The summed E-state index contributed by atoms with van der Waals surface area (Å²) in [7, 11) is 0. The van der Waals surface area contributed by atoms with Crippen LogP contribution >= 0.6 is 46.0 Å². The molecule has 1 aromatic rings. The Bertz CT molecular complexity index is 407. The first-order valence-corrected chi connectivity index (χ1v) is 7.61. The summed E-state index contributed by atoms with van der Waals surface area (Å²) in [6, 6.07) is 5.49. The molecule has 1 fully saturated rings. The van der Waals surface area contributed by atoms with Crippen molar-refractivity contribution in [3.63, 3.8) is 0 Å². The summed E-state index contributed by atoms with van der Waals surface area (Å²) in [6.07, 6.45) is 0.987. The van der Waals surface area contributed by atoms with Gasteiger partial charge in [-0.15, -0.1) is 0 Å². The van der Waals surface area contributed by atoms with E-state index in [1.165, 1.54) is 0 Å². The van der Waals surface area contributed by atoms with Crippen molar-refractivity contribution in [1.82, 2.24) is 0 Å². The molecule has 0 aromatic heterocycles. The number of anilines is 1. The summed E-state index contributed by atoms with van der Waals surface area (Å²) in [5.74, 6) is 2.33. The fourth-order valence-electron chi connectivity index (χ4n) is 1.57. The fourth-order valence-corrected chi connectivity index (χ4v) is 3.79. The van der Waals surface area contributed by atoms with Crippen LogP contribution < -0.4 is 5.32 Å². The summed E-state index contributed by atoms with van der Waals surface area (Å²) in [4.78, 5) is 11.9. The van der Waals surface area contributed by atoms with Gasteiger partial charge in [-0.2, -0.15) is 11.8 Å². The first kappa shape index (κ1) is 12.5. The highest BCUT2D eigenvalue weighted by molar-refractivity contribution is 14.1. The average Bonchev–Trinajstić information content (AvgIpc) is 2.75. The van der Waals surface area contributed by atoms with Crippen molar-refractivity contribution >= 4 is 57.5 Å². The van der Waals surface area contributed by atoms with Crippen LogP contribution in [0.15, 0.2) is 18.2 Å². The highest BCUT2D eigenvalue weighted by Gasteiger charge is 2.23. The zero-order valence-electron chi connectivity index (χ0n) is 8.50. The number of hydrogen-bond donors (Lipinski definition) is 1. The van der Waals surface area contributed by atoms with Gasteiger partial charge in [-0.3, -0.25) is 4.79 Å². The number of nitrogens with one attached hydrogen (secondary N) is 1. The molecule has 1 amide bonds. The summed E-state index contributed by atoms with van der Waals surface area (Å²) in [5.41, 5.74) is 0.854. The van der Waals surface area contributed by atoms with E-state index < -0.39 is 0 Å². The van der Waals surface area contributed by atoms with E-state index in [0.29, 0.717) is 5.02 Å². The lowest BCUT2D eigenvalue weighted by Crippen LogP contribution is -2.22. The molecule has 2 rings (SSSR count). The number of benzene rings is 1. The van der Waals surface area contributed by atoms with Crippen molar-refractivity contribution < 1.29 is 4.79 Å². The van der Waals surface area contributed by atoms with Crippen LogP contribution in [0.4, 0.5) is 5.69 Å². The Labute approximate surface area is 118 Å². The molecular weight excluding hydrogens is 357 g/mol. The zero-order chi connectivity index (χ0) is 11.5. The Morgan fingerprint density at radius 2 is 2.38 bits per heavy atom. The van der Waals surface area contributed by atoms with Crippen LogP contribution in [0.5, 0.6) is 0 Å². The standard InChI is InChI=1S/C11H11ClINOS/c12-8-1-2-10(9(13)5-8)14-11(15)7-3-4-16-6-7/h1-2,5,7H,3-4,6H2,(H,14,15). The van der Waals surface area contributed by atoms with Crippen LogP contribution in [0.25, 0.3) is 0 Å². The Morgan fingerprint density at radius 1 is 1.56 bits per heavy atom. The van der Waals surface area contributed by atoms with Crippen molar-refractivity contribution in [3.05, 3.63) is 26.8 Å². The fraction of sp³-hybridized carbons (Fsp3) is 0.364. The summed E-state index contributed by atoms with van der Waals surface area (Å²) < 4.78 is 0.976. The maximum absolute atomic E-state index is 11.9. The van der Waals surface area contributed by atoms with Gasteiger partial charge in [0, 0.05) is 20.3 Å². The monoisotopic (exact) mass is 367 g/mol. The van der Waals surface area contributed by atoms with E-state index >= 15 is 0 Å². The van der Waals surface area contributed by atoms with Gasteiger partial charge in [0.1, 0.15) is 0 Å². The first-order valence-electron chi connectivity index (χ1n) is 5.00. The maximum atomic E-state index is 11.9. The summed E-state index contributed by atoms with van der Waals surface area (Å²) in [6.45, 7) is 0. The second kappa shape index (κ2) is 5.60. The van der Waals surface area contributed by atoms with Gasteiger partial charge in [-0.05, 0) is 53.0 Å². The molecule has 1 atom stereocenters. The molecule has 2 nitrogen and oxygen atoms in total. The van der Waals surface area contributed by atoms with E-state index in [-0.39, 0.29) is 11.8 Å². The third kappa shape index (κ3) is 3.05. The van der Waals surface area contributed by atoms with E-state index in [1.54, 1.807) is 6.07 Å². The number of hydrogen-bond acceptors (Lipinski definition) is 2. The van der Waals surface area contributed by atoms with Gasteiger partial charge in [-0.25, -0.2) is 0 Å². The average molecular weight is 368 g/mol. The highest BCUT2D eigenvalue weighted by atomic mass is 127. The predicted octanol–water partition coefficient (Wildman–Crippen LogP) is 3.64. The molecule has 1 aromatic carbocycles. The third-order valence-corrected chi connectivity index (χ3v) is 4.78. The van der Waals surface area contributed by atoms with Crippen molar-refractivity contribution in [2.24, 2.45) is 5.92 Å². The van der Waals surface area contributed by atoms with Crippen LogP contribution in [0.1, 0.15) is 6.42 Å². The highest BCUT2D eigenvalue weighted by Crippen LogP contribution is 2.27. The molecular formula is C11H11ClINOS. The quantitative estimate of drug-likeness (QED) is 0.809. The number of amides is 1. The molecule has 0 aliphatic carbocycles. The molecule has 1 aliphatic heterocycles. The van der Waals surface area contributed by atoms with E-state index in [2.05, 4.69) is 27.9 Å².